The molecule has 0 saturated carbocycles. The van der Waals surface area contributed by atoms with E-state index in [-0.39, 0.29) is 11.9 Å². The largest absolute Gasteiger partial charge is 0.497 e. The lowest BCUT2D eigenvalue weighted by molar-refractivity contribution is -0.134. The summed E-state index contributed by atoms with van der Waals surface area (Å²) in [5.41, 5.74) is 0.886. The highest BCUT2D eigenvalue weighted by Crippen LogP contribution is 2.26. The van der Waals surface area contributed by atoms with Gasteiger partial charge >= 0.3 is 0 Å². The van der Waals surface area contributed by atoms with Crippen LogP contribution in [0.5, 0.6) is 11.5 Å². The van der Waals surface area contributed by atoms with Crippen LogP contribution in [0, 0.1) is 0 Å². The van der Waals surface area contributed by atoms with Gasteiger partial charge in [-0.2, -0.15) is 5.10 Å². The Balaban J connectivity index is 1.72. The first-order chi connectivity index (χ1) is 12.2. The Morgan fingerprint density at radius 3 is 2.88 bits per heavy atom. The van der Waals surface area contributed by atoms with E-state index in [4.69, 9.17) is 9.47 Å². The van der Waals surface area contributed by atoms with Crippen LogP contribution in [-0.4, -0.2) is 47.4 Å². The molecule has 134 valence electrons. The second kappa shape index (κ2) is 8.05. The van der Waals surface area contributed by atoms with Crippen molar-refractivity contribution in [1.82, 2.24) is 14.7 Å². The molecule has 1 aliphatic rings. The predicted octanol–water partition coefficient (Wildman–Crippen LogP) is 2.52. The molecule has 1 aromatic heterocycles. The van der Waals surface area contributed by atoms with Crippen molar-refractivity contribution >= 4 is 5.91 Å². The second-order valence-electron chi connectivity index (χ2n) is 6.32. The number of benzene rings is 1. The number of nitrogens with zero attached hydrogens (tertiary/aromatic N) is 3. The number of amides is 1. The third kappa shape index (κ3) is 4.13. The Kier molecular flexibility index (Phi) is 5.58. The standard InChI is InChI=1S/C19H25N3O3/c1-24-17-8-7-15(18(13-17)25-2)12-19(23)22-11-4-3-6-16(22)14-21-10-5-9-20-21/h5,7-10,13,16H,3-4,6,11-12,14H2,1-2H3/t16-/m1/s1. The normalized spacial score (nSPS) is 17.4. The van der Waals surface area contributed by atoms with Crippen LogP contribution < -0.4 is 9.47 Å². The van der Waals surface area contributed by atoms with Gasteiger partial charge in [-0.3, -0.25) is 9.48 Å². The summed E-state index contributed by atoms with van der Waals surface area (Å²) in [6.07, 6.45) is 7.29. The van der Waals surface area contributed by atoms with Crippen molar-refractivity contribution in [3.8, 4) is 11.5 Å². The molecule has 1 atom stereocenters. The number of carbonyl (C=O) groups is 1. The van der Waals surface area contributed by atoms with Gasteiger partial charge in [-0.1, -0.05) is 6.07 Å². The molecular weight excluding hydrogens is 318 g/mol. The topological polar surface area (TPSA) is 56.6 Å². The molecule has 1 saturated heterocycles. The van der Waals surface area contributed by atoms with E-state index in [1.807, 2.05) is 40.0 Å². The van der Waals surface area contributed by atoms with Crippen LogP contribution in [-0.2, 0) is 17.8 Å². The number of ether oxygens (including phenoxy) is 2. The molecule has 3 rings (SSSR count). The van der Waals surface area contributed by atoms with Crippen molar-refractivity contribution in [3.63, 3.8) is 0 Å². The van der Waals surface area contributed by atoms with Gasteiger partial charge in [0.1, 0.15) is 11.5 Å². The number of carbonyl (C=O) groups excluding carboxylic acids is 1. The molecule has 1 fully saturated rings. The van der Waals surface area contributed by atoms with Gasteiger partial charge in [0.05, 0.1) is 33.2 Å². The number of piperidine rings is 1. The Bertz CT molecular complexity index is 700. The molecule has 0 bridgehead atoms. The second-order valence-corrected chi connectivity index (χ2v) is 6.32. The summed E-state index contributed by atoms with van der Waals surface area (Å²) in [5, 5.41) is 4.28. The van der Waals surface area contributed by atoms with E-state index in [1.54, 1.807) is 20.4 Å². The Hall–Kier alpha value is -2.50. The quantitative estimate of drug-likeness (QED) is 0.809. The van der Waals surface area contributed by atoms with Crippen LogP contribution in [0.25, 0.3) is 0 Å². The highest BCUT2D eigenvalue weighted by molar-refractivity contribution is 5.80. The third-order valence-corrected chi connectivity index (χ3v) is 4.74. The van der Waals surface area contributed by atoms with Crippen LogP contribution in [0.15, 0.2) is 36.7 Å². The zero-order chi connectivity index (χ0) is 17.6. The van der Waals surface area contributed by atoms with Gasteiger partial charge in [0.15, 0.2) is 0 Å². The molecule has 1 amide bonds. The fourth-order valence-corrected chi connectivity index (χ4v) is 3.41. The van der Waals surface area contributed by atoms with E-state index in [9.17, 15) is 4.79 Å². The summed E-state index contributed by atoms with van der Waals surface area (Å²) in [6.45, 7) is 1.56. The molecular formula is C19H25N3O3. The first-order valence-electron chi connectivity index (χ1n) is 8.69. The van der Waals surface area contributed by atoms with Gasteiger partial charge in [-0.25, -0.2) is 0 Å². The summed E-state index contributed by atoms with van der Waals surface area (Å²) >= 11 is 0. The van der Waals surface area contributed by atoms with E-state index >= 15 is 0 Å². The minimum atomic E-state index is 0.139. The maximum absolute atomic E-state index is 12.9. The smallest absolute Gasteiger partial charge is 0.227 e. The molecule has 6 heteroatoms. The van der Waals surface area contributed by atoms with Crippen LogP contribution in [0.4, 0.5) is 0 Å². The highest BCUT2D eigenvalue weighted by Gasteiger charge is 2.27. The van der Waals surface area contributed by atoms with E-state index in [2.05, 4.69) is 5.10 Å². The zero-order valence-electron chi connectivity index (χ0n) is 14.9. The molecule has 0 radical (unpaired) electrons. The molecule has 6 nitrogen and oxygen atoms in total. The van der Waals surface area contributed by atoms with Gasteiger partial charge in [-0.15, -0.1) is 0 Å². The first kappa shape index (κ1) is 17.3. The summed E-state index contributed by atoms with van der Waals surface area (Å²) < 4.78 is 12.6. The molecule has 1 aliphatic heterocycles. The number of hydrogen-bond acceptors (Lipinski definition) is 4. The highest BCUT2D eigenvalue weighted by atomic mass is 16.5. The minimum Gasteiger partial charge on any atom is -0.497 e. The van der Waals surface area contributed by atoms with Crippen molar-refractivity contribution in [2.24, 2.45) is 0 Å². The van der Waals surface area contributed by atoms with Gasteiger partial charge in [0, 0.05) is 30.6 Å². The molecule has 2 heterocycles. The maximum Gasteiger partial charge on any atom is 0.227 e. The third-order valence-electron chi connectivity index (χ3n) is 4.74. The van der Waals surface area contributed by atoms with Crippen molar-refractivity contribution in [1.29, 1.82) is 0 Å². The van der Waals surface area contributed by atoms with Gasteiger partial charge in [0.25, 0.3) is 0 Å². The maximum atomic E-state index is 12.9. The number of rotatable bonds is 6. The average molecular weight is 343 g/mol. The molecule has 0 aliphatic carbocycles. The fraction of sp³-hybridized carbons (Fsp3) is 0.474. The Morgan fingerprint density at radius 1 is 1.28 bits per heavy atom. The number of aromatic nitrogens is 2. The van der Waals surface area contributed by atoms with Crippen molar-refractivity contribution in [2.45, 2.75) is 38.3 Å². The first-order valence-corrected chi connectivity index (χ1v) is 8.69. The number of methoxy groups -OCH3 is 2. The minimum absolute atomic E-state index is 0.139. The molecule has 0 spiro atoms. The van der Waals surface area contributed by atoms with E-state index < -0.39 is 0 Å². The molecule has 1 aromatic carbocycles. The molecule has 0 N–H and O–H groups in total. The van der Waals surface area contributed by atoms with Crippen LogP contribution in [0.3, 0.4) is 0 Å². The Labute approximate surface area is 148 Å². The summed E-state index contributed by atoms with van der Waals surface area (Å²) in [6, 6.07) is 7.70. The summed E-state index contributed by atoms with van der Waals surface area (Å²) in [4.78, 5) is 14.9. The fourth-order valence-electron chi connectivity index (χ4n) is 3.41. The van der Waals surface area contributed by atoms with Crippen molar-refractivity contribution in [2.75, 3.05) is 20.8 Å². The van der Waals surface area contributed by atoms with Gasteiger partial charge in [-0.05, 0) is 31.4 Å². The van der Waals surface area contributed by atoms with Gasteiger partial charge < -0.3 is 14.4 Å². The molecule has 25 heavy (non-hydrogen) atoms. The van der Waals surface area contributed by atoms with Crippen LogP contribution in [0.2, 0.25) is 0 Å². The molecule has 2 aromatic rings. The van der Waals surface area contributed by atoms with Gasteiger partial charge in [0.2, 0.25) is 5.91 Å². The molecule has 0 unspecified atom stereocenters. The number of likely N-dealkylation sites (tertiary alicyclic amines) is 1. The Morgan fingerprint density at radius 2 is 2.16 bits per heavy atom. The zero-order valence-corrected chi connectivity index (χ0v) is 14.9. The summed E-state index contributed by atoms with van der Waals surface area (Å²) in [7, 11) is 3.23. The van der Waals surface area contributed by atoms with Crippen molar-refractivity contribution in [3.05, 3.63) is 42.2 Å². The predicted molar refractivity (Wildman–Crippen MR) is 94.8 cm³/mol. The van der Waals surface area contributed by atoms with E-state index in [0.29, 0.717) is 12.2 Å². The van der Waals surface area contributed by atoms with E-state index in [1.165, 1.54) is 0 Å². The van der Waals surface area contributed by atoms with Crippen LogP contribution in [0.1, 0.15) is 24.8 Å². The average Bonchev–Trinajstić information content (AvgIpc) is 3.15. The number of hydrogen-bond donors (Lipinski definition) is 0. The van der Waals surface area contributed by atoms with E-state index in [0.717, 1.165) is 43.7 Å². The lowest BCUT2D eigenvalue weighted by Crippen LogP contribution is -2.46. The monoisotopic (exact) mass is 343 g/mol. The van der Waals surface area contributed by atoms with Crippen molar-refractivity contribution < 1.29 is 14.3 Å². The lowest BCUT2D eigenvalue weighted by atomic mass is 10.0. The SMILES string of the molecule is COc1ccc(CC(=O)N2CCCC[C@@H]2Cn2cccn2)c(OC)c1. The van der Waals surface area contributed by atoms with Crippen LogP contribution >= 0.6 is 0 Å². The lowest BCUT2D eigenvalue weighted by Gasteiger charge is -2.36. The summed E-state index contributed by atoms with van der Waals surface area (Å²) in [5.74, 6) is 1.55.